The van der Waals surface area contributed by atoms with E-state index in [0.29, 0.717) is 23.6 Å². The maximum atomic E-state index is 12.4. The zero-order valence-corrected chi connectivity index (χ0v) is 14.8. The van der Waals surface area contributed by atoms with Crippen LogP contribution in [0.25, 0.3) is 0 Å². The quantitative estimate of drug-likeness (QED) is 0.849. The summed E-state index contributed by atoms with van der Waals surface area (Å²) in [7, 11) is 0. The van der Waals surface area contributed by atoms with Crippen molar-refractivity contribution in [2.24, 2.45) is 5.92 Å². The number of anilines is 2. The third-order valence-corrected chi connectivity index (χ3v) is 4.38. The largest absolute Gasteiger partial charge is 0.326 e. The van der Waals surface area contributed by atoms with Crippen molar-refractivity contribution in [3.63, 3.8) is 0 Å². The summed E-state index contributed by atoms with van der Waals surface area (Å²) in [5.41, 5.74) is 4.79. The fourth-order valence-corrected chi connectivity index (χ4v) is 3.14. The molecule has 4 heteroatoms. The topological polar surface area (TPSA) is 58.2 Å². The first kappa shape index (κ1) is 17.2. The number of nitrogens with one attached hydrogen (secondary N) is 2. The van der Waals surface area contributed by atoms with Gasteiger partial charge in [-0.15, -0.1) is 0 Å². The summed E-state index contributed by atoms with van der Waals surface area (Å²) >= 11 is 0. The molecule has 0 unspecified atom stereocenters. The highest BCUT2D eigenvalue weighted by atomic mass is 16.2. The summed E-state index contributed by atoms with van der Waals surface area (Å²) in [5, 5.41) is 5.77. The van der Waals surface area contributed by atoms with Gasteiger partial charge in [0.25, 0.3) is 5.91 Å². The Bertz CT molecular complexity index is 779. The predicted molar refractivity (Wildman–Crippen MR) is 101 cm³/mol. The number of rotatable bonds is 5. The summed E-state index contributed by atoms with van der Waals surface area (Å²) in [6, 6.07) is 13.2. The lowest BCUT2D eigenvalue weighted by Gasteiger charge is -2.10. The molecule has 0 spiro atoms. The fraction of sp³-hybridized carbons (Fsp3) is 0.333. The van der Waals surface area contributed by atoms with E-state index in [1.54, 1.807) is 24.3 Å². The minimum atomic E-state index is -0.105. The number of amides is 2. The van der Waals surface area contributed by atoms with Crippen molar-refractivity contribution < 1.29 is 9.59 Å². The van der Waals surface area contributed by atoms with Gasteiger partial charge in [-0.2, -0.15) is 0 Å². The van der Waals surface area contributed by atoms with Crippen LogP contribution >= 0.6 is 0 Å². The second-order valence-corrected chi connectivity index (χ2v) is 7.01. The monoisotopic (exact) mass is 336 g/mol. The molecule has 0 aliphatic heterocycles. The van der Waals surface area contributed by atoms with E-state index in [-0.39, 0.29) is 11.8 Å². The Labute approximate surface area is 148 Å². The van der Waals surface area contributed by atoms with Gasteiger partial charge in [0.1, 0.15) is 0 Å². The molecule has 4 nitrogen and oxygen atoms in total. The van der Waals surface area contributed by atoms with Gasteiger partial charge in [0.15, 0.2) is 0 Å². The summed E-state index contributed by atoms with van der Waals surface area (Å²) < 4.78 is 0. The number of carbonyl (C=O) groups is 2. The minimum absolute atomic E-state index is 0.00456. The normalized spacial score (nSPS) is 12.8. The highest BCUT2D eigenvalue weighted by Crippen LogP contribution is 2.23. The van der Waals surface area contributed by atoms with E-state index in [4.69, 9.17) is 0 Å². The summed E-state index contributed by atoms with van der Waals surface area (Å²) in [5.74, 6) is 0.224. The smallest absolute Gasteiger partial charge is 0.255 e. The molecule has 3 rings (SSSR count). The predicted octanol–water partition coefficient (Wildman–Crippen LogP) is 4.41. The zero-order valence-electron chi connectivity index (χ0n) is 14.8. The van der Waals surface area contributed by atoms with Crippen LogP contribution in [0.1, 0.15) is 48.2 Å². The van der Waals surface area contributed by atoms with Crippen LogP contribution in [0, 0.1) is 5.92 Å². The number of fused-ring (bicyclic) bond motifs is 1. The molecular weight excluding hydrogens is 312 g/mol. The molecule has 1 aliphatic carbocycles. The lowest BCUT2D eigenvalue weighted by molar-refractivity contribution is -0.116. The van der Waals surface area contributed by atoms with E-state index in [9.17, 15) is 9.59 Å². The van der Waals surface area contributed by atoms with Crippen molar-refractivity contribution in [1.29, 1.82) is 0 Å². The van der Waals surface area contributed by atoms with Crippen LogP contribution in [0.3, 0.4) is 0 Å². The number of carbonyl (C=O) groups excluding carboxylic acids is 2. The molecule has 130 valence electrons. The first-order chi connectivity index (χ1) is 12.0. The molecule has 0 saturated carbocycles. The minimum Gasteiger partial charge on any atom is -0.326 e. The third kappa shape index (κ3) is 4.47. The molecule has 1 aliphatic rings. The molecule has 25 heavy (non-hydrogen) atoms. The Hall–Kier alpha value is -2.62. The third-order valence-electron chi connectivity index (χ3n) is 4.38. The van der Waals surface area contributed by atoms with Crippen LogP contribution in [0.4, 0.5) is 11.4 Å². The molecule has 2 aromatic rings. The number of hydrogen-bond acceptors (Lipinski definition) is 2. The maximum Gasteiger partial charge on any atom is 0.255 e. The van der Waals surface area contributed by atoms with Gasteiger partial charge in [-0.3, -0.25) is 9.59 Å². The van der Waals surface area contributed by atoms with E-state index < -0.39 is 0 Å². The fourth-order valence-electron chi connectivity index (χ4n) is 3.14. The summed E-state index contributed by atoms with van der Waals surface area (Å²) in [6.45, 7) is 4.02. The zero-order chi connectivity index (χ0) is 17.8. The highest BCUT2D eigenvalue weighted by molar-refractivity contribution is 6.04. The van der Waals surface area contributed by atoms with E-state index in [0.717, 1.165) is 18.5 Å². The average molecular weight is 336 g/mol. The summed E-state index contributed by atoms with van der Waals surface area (Å²) in [4.78, 5) is 24.2. The standard InChI is InChI=1S/C21H24N2O2/c1-14(2)12-20(24)22-18-8-10-19(11-9-18)23-21(25)17-7-6-15-4-3-5-16(15)13-17/h6-11,13-14H,3-5,12H2,1-2H3,(H,22,24)(H,23,25). The van der Waals surface area contributed by atoms with Crippen LogP contribution in [0.15, 0.2) is 42.5 Å². The van der Waals surface area contributed by atoms with Gasteiger partial charge in [0.2, 0.25) is 5.91 Å². The van der Waals surface area contributed by atoms with Crippen LogP contribution in [-0.2, 0) is 17.6 Å². The Kier molecular flexibility index (Phi) is 5.17. The second kappa shape index (κ2) is 7.51. The van der Waals surface area contributed by atoms with Gasteiger partial charge in [0.05, 0.1) is 0 Å². The molecule has 0 heterocycles. The molecule has 0 saturated heterocycles. The van der Waals surface area contributed by atoms with Crippen LogP contribution in [-0.4, -0.2) is 11.8 Å². The molecule has 0 aromatic heterocycles. The molecule has 0 atom stereocenters. The Morgan fingerprint density at radius 1 is 0.920 bits per heavy atom. The van der Waals surface area contributed by atoms with Gasteiger partial charge in [0, 0.05) is 23.4 Å². The Balaban J connectivity index is 1.61. The summed E-state index contributed by atoms with van der Waals surface area (Å²) in [6.07, 6.45) is 3.84. The average Bonchev–Trinajstić information content (AvgIpc) is 3.03. The first-order valence-electron chi connectivity index (χ1n) is 8.84. The Morgan fingerprint density at radius 3 is 2.24 bits per heavy atom. The van der Waals surface area contributed by atoms with Crippen molar-refractivity contribution in [2.75, 3.05) is 10.6 Å². The van der Waals surface area contributed by atoms with E-state index in [1.165, 1.54) is 17.5 Å². The molecular formula is C21H24N2O2. The molecule has 2 aromatic carbocycles. The van der Waals surface area contributed by atoms with Crippen molar-refractivity contribution >= 4 is 23.2 Å². The van der Waals surface area contributed by atoms with Crippen molar-refractivity contribution in [3.8, 4) is 0 Å². The van der Waals surface area contributed by atoms with Crippen LogP contribution < -0.4 is 10.6 Å². The van der Waals surface area contributed by atoms with Crippen molar-refractivity contribution in [2.45, 2.75) is 39.5 Å². The van der Waals surface area contributed by atoms with Crippen LogP contribution in [0.2, 0.25) is 0 Å². The van der Waals surface area contributed by atoms with Gasteiger partial charge in [-0.25, -0.2) is 0 Å². The lowest BCUT2D eigenvalue weighted by Crippen LogP contribution is -2.14. The molecule has 2 N–H and O–H groups in total. The lowest BCUT2D eigenvalue weighted by atomic mass is 10.1. The van der Waals surface area contributed by atoms with E-state index >= 15 is 0 Å². The highest BCUT2D eigenvalue weighted by Gasteiger charge is 2.14. The molecule has 2 amide bonds. The molecule has 0 radical (unpaired) electrons. The number of benzene rings is 2. The van der Waals surface area contributed by atoms with Gasteiger partial charge < -0.3 is 10.6 Å². The first-order valence-corrected chi connectivity index (χ1v) is 8.84. The maximum absolute atomic E-state index is 12.4. The van der Waals surface area contributed by atoms with Crippen molar-refractivity contribution in [1.82, 2.24) is 0 Å². The second-order valence-electron chi connectivity index (χ2n) is 7.01. The van der Waals surface area contributed by atoms with E-state index in [2.05, 4.69) is 16.7 Å². The van der Waals surface area contributed by atoms with Gasteiger partial charge in [-0.1, -0.05) is 19.9 Å². The molecule has 0 fully saturated rings. The van der Waals surface area contributed by atoms with Gasteiger partial charge in [-0.05, 0) is 72.7 Å². The number of hydrogen-bond donors (Lipinski definition) is 2. The van der Waals surface area contributed by atoms with E-state index in [1.807, 2.05) is 26.0 Å². The van der Waals surface area contributed by atoms with Crippen molar-refractivity contribution in [3.05, 3.63) is 59.2 Å². The Morgan fingerprint density at radius 2 is 1.56 bits per heavy atom. The van der Waals surface area contributed by atoms with Crippen LogP contribution in [0.5, 0.6) is 0 Å². The SMILES string of the molecule is CC(C)CC(=O)Nc1ccc(NC(=O)c2ccc3c(c2)CCC3)cc1. The van der Waals surface area contributed by atoms with Gasteiger partial charge >= 0.3 is 0 Å². The number of aryl methyl sites for hydroxylation is 2. The molecule has 0 bridgehead atoms.